The van der Waals surface area contributed by atoms with Crippen LogP contribution in [0.4, 0.5) is 5.82 Å². The van der Waals surface area contributed by atoms with Crippen molar-refractivity contribution >= 4 is 28.3 Å². The highest BCUT2D eigenvalue weighted by Gasteiger charge is 2.25. The molecule has 7 heteroatoms. The Kier molecular flexibility index (Phi) is 4.56. The zero-order valence-corrected chi connectivity index (χ0v) is 16.1. The molecule has 1 aliphatic heterocycles. The molecule has 1 aliphatic rings. The summed E-state index contributed by atoms with van der Waals surface area (Å²) in [7, 11) is 0. The number of nitrogens with zero attached hydrogens (tertiary/aromatic N) is 5. The van der Waals surface area contributed by atoms with E-state index < -0.39 is 0 Å². The molecule has 1 N–H and O–H groups in total. The molecule has 7 nitrogen and oxygen atoms in total. The summed E-state index contributed by atoms with van der Waals surface area (Å²) in [5.41, 5.74) is 3.42. The van der Waals surface area contributed by atoms with Gasteiger partial charge in [0.15, 0.2) is 5.65 Å². The minimum atomic E-state index is -0.0898. The maximum absolute atomic E-state index is 13.3. The SMILES string of the molecule is O=C(NCCc1ccncc1)c1c2c(N3CCCC3)ncnc2n2ccccc12. The Labute approximate surface area is 168 Å². The fourth-order valence-corrected chi connectivity index (χ4v) is 4.09. The van der Waals surface area contributed by atoms with Crippen LogP contribution in [0.1, 0.15) is 28.8 Å². The number of anilines is 1. The van der Waals surface area contributed by atoms with E-state index in [0.29, 0.717) is 12.1 Å². The van der Waals surface area contributed by atoms with E-state index in [0.717, 1.165) is 60.3 Å². The summed E-state index contributed by atoms with van der Waals surface area (Å²) in [6.45, 7) is 2.48. The van der Waals surface area contributed by atoms with Gasteiger partial charge in [0.2, 0.25) is 0 Å². The van der Waals surface area contributed by atoms with E-state index >= 15 is 0 Å². The van der Waals surface area contributed by atoms with Crippen molar-refractivity contribution in [3.63, 3.8) is 0 Å². The number of hydrogen-bond acceptors (Lipinski definition) is 5. The van der Waals surface area contributed by atoms with Crippen LogP contribution in [0.3, 0.4) is 0 Å². The van der Waals surface area contributed by atoms with E-state index in [-0.39, 0.29) is 5.91 Å². The first-order chi connectivity index (χ1) is 14.3. The fraction of sp³-hybridized carbons (Fsp3) is 0.273. The van der Waals surface area contributed by atoms with Gasteiger partial charge in [0.1, 0.15) is 12.1 Å². The second-order valence-electron chi connectivity index (χ2n) is 7.28. The molecule has 4 aromatic rings. The van der Waals surface area contributed by atoms with Crippen LogP contribution in [0, 0.1) is 0 Å². The Hall–Kier alpha value is -3.48. The zero-order valence-electron chi connectivity index (χ0n) is 16.1. The van der Waals surface area contributed by atoms with Crippen LogP contribution in [0.25, 0.3) is 16.6 Å². The number of aromatic nitrogens is 4. The van der Waals surface area contributed by atoms with Crippen LogP contribution in [0.15, 0.2) is 55.2 Å². The normalized spacial score (nSPS) is 14.0. The first kappa shape index (κ1) is 17.6. The van der Waals surface area contributed by atoms with E-state index in [1.807, 2.05) is 40.9 Å². The van der Waals surface area contributed by atoms with Gasteiger partial charge < -0.3 is 14.6 Å². The topological polar surface area (TPSA) is 75.4 Å². The molecule has 0 radical (unpaired) electrons. The Balaban J connectivity index is 1.54. The summed E-state index contributed by atoms with van der Waals surface area (Å²) in [5, 5.41) is 3.92. The van der Waals surface area contributed by atoms with Crippen molar-refractivity contribution in [2.45, 2.75) is 19.3 Å². The standard InChI is InChI=1S/C22H22N6O/c29-22(24-11-8-16-6-9-23-10-7-16)18-17-5-1-2-14-28(17)21-19(18)20(25-15-26-21)27-12-3-4-13-27/h1-2,5-7,9-10,14-15H,3-4,8,11-13H2,(H,24,29). The summed E-state index contributed by atoms with van der Waals surface area (Å²) in [5.74, 6) is 0.767. The lowest BCUT2D eigenvalue weighted by molar-refractivity contribution is 0.0957. The van der Waals surface area contributed by atoms with Gasteiger partial charge in [0.25, 0.3) is 5.91 Å². The van der Waals surface area contributed by atoms with Crippen molar-refractivity contribution in [3.05, 3.63) is 66.4 Å². The predicted octanol–water partition coefficient (Wildman–Crippen LogP) is 2.85. The Morgan fingerprint density at radius 1 is 1.07 bits per heavy atom. The number of carbonyl (C=O) groups is 1. The largest absolute Gasteiger partial charge is 0.356 e. The summed E-state index contributed by atoms with van der Waals surface area (Å²) in [6.07, 6.45) is 10.1. The van der Waals surface area contributed by atoms with E-state index in [1.54, 1.807) is 18.7 Å². The van der Waals surface area contributed by atoms with E-state index in [9.17, 15) is 4.79 Å². The number of rotatable bonds is 5. The first-order valence-electron chi connectivity index (χ1n) is 9.99. The lowest BCUT2D eigenvalue weighted by Crippen LogP contribution is -2.26. The summed E-state index contributed by atoms with van der Waals surface area (Å²) >= 11 is 0. The molecule has 0 unspecified atom stereocenters. The van der Waals surface area contributed by atoms with Crippen molar-refractivity contribution in [3.8, 4) is 0 Å². The van der Waals surface area contributed by atoms with Crippen LogP contribution >= 0.6 is 0 Å². The molecule has 0 saturated carbocycles. The summed E-state index contributed by atoms with van der Waals surface area (Å²) in [4.78, 5) is 28.7. The van der Waals surface area contributed by atoms with Crippen molar-refractivity contribution in [1.29, 1.82) is 0 Å². The fourth-order valence-electron chi connectivity index (χ4n) is 4.09. The number of fused-ring (bicyclic) bond motifs is 3. The van der Waals surface area contributed by atoms with Crippen LogP contribution in [0.2, 0.25) is 0 Å². The lowest BCUT2D eigenvalue weighted by atomic mass is 10.1. The molecule has 0 aromatic carbocycles. The van der Waals surface area contributed by atoms with Crippen molar-refractivity contribution < 1.29 is 4.79 Å². The zero-order chi connectivity index (χ0) is 19.6. The molecule has 146 valence electrons. The molecule has 1 amide bonds. The third kappa shape index (κ3) is 3.18. The van der Waals surface area contributed by atoms with Gasteiger partial charge >= 0.3 is 0 Å². The van der Waals surface area contributed by atoms with Crippen molar-refractivity contribution in [2.75, 3.05) is 24.5 Å². The second-order valence-corrected chi connectivity index (χ2v) is 7.28. The Morgan fingerprint density at radius 2 is 1.90 bits per heavy atom. The number of hydrogen-bond donors (Lipinski definition) is 1. The van der Waals surface area contributed by atoms with Crippen LogP contribution in [-0.4, -0.2) is 44.9 Å². The van der Waals surface area contributed by atoms with Gasteiger partial charge in [-0.15, -0.1) is 0 Å². The van der Waals surface area contributed by atoms with Crippen LogP contribution < -0.4 is 10.2 Å². The second kappa shape index (κ2) is 7.50. The van der Waals surface area contributed by atoms with Crippen LogP contribution in [-0.2, 0) is 6.42 Å². The minimum absolute atomic E-state index is 0.0898. The smallest absolute Gasteiger partial charge is 0.254 e. The molecule has 5 heterocycles. The average Bonchev–Trinajstić information content (AvgIpc) is 3.41. The lowest BCUT2D eigenvalue weighted by Gasteiger charge is -2.17. The number of nitrogens with one attached hydrogen (secondary N) is 1. The van der Waals surface area contributed by atoms with Gasteiger partial charge in [-0.3, -0.25) is 9.78 Å². The van der Waals surface area contributed by atoms with Crippen LogP contribution in [0.5, 0.6) is 0 Å². The van der Waals surface area contributed by atoms with Gasteiger partial charge in [-0.05, 0) is 49.1 Å². The van der Waals surface area contributed by atoms with Gasteiger partial charge in [-0.2, -0.15) is 0 Å². The highest BCUT2D eigenvalue weighted by molar-refractivity contribution is 6.16. The minimum Gasteiger partial charge on any atom is -0.356 e. The van der Waals surface area contributed by atoms with Gasteiger partial charge in [-0.1, -0.05) is 6.07 Å². The van der Waals surface area contributed by atoms with Gasteiger partial charge in [-0.25, -0.2) is 9.97 Å². The summed E-state index contributed by atoms with van der Waals surface area (Å²) < 4.78 is 1.98. The summed E-state index contributed by atoms with van der Waals surface area (Å²) in [6, 6.07) is 9.80. The van der Waals surface area contributed by atoms with Crippen molar-refractivity contribution in [2.24, 2.45) is 0 Å². The Morgan fingerprint density at radius 3 is 2.72 bits per heavy atom. The highest BCUT2D eigenvalue weighted by atomic mass is 16.1. The molecule has 0 atom stereocenters. The maximum atomic E-state index is 13.3. The van der Waals surface area contributed by atoms with E-state index in [4.69, 9.17) is 0 Å². The third-order valence-corrected chi connectivity index (χ3v) is 5.48. The van der Waals surface area contributed by atoms with Gasteiger partial charge in [0.05, 0.1) is 16.5 Å². The molecule has 4 aromatic heterocycles. The third-order valence-electron chi connectivity index (χ3n) is 5.48. The highest BCUT2D eigenvalue weighted by Crippen LogP contribution is 2.33. The number of carbonyl (C=O) groups excluding carboxylic acids is 1. The molecule has 0 aliphatic carbocycles. The first-order valence-corrected chi connectivity index (χ1v) is 9.99. The molecule has 0 bridgehead atoms. The van der Waals surface area contributed by atoms with E-state index in [1.165, 1.54) is 0 Å². The van der Waals surface area contributed by atoms with E-state index in [2.05, 4.69) is 25.2 Å². The molecular formula is C22H22N6O. The van der Waals surface area contributed by atoms with Gasteiger partial charge in [0, 0.05) is 38.2 Å². The van der Waals surface area contributed by atoms with Crippen molar-refractivity contribution in [1.82, 2.24) is 24.7 Å². The molecule has 5 rings (SSSR count). The quantitative estimate of drug-likeness (QED) is 0.571. The number of pyridine rings is 2. The monoisotopic (exact) mass is 386 g/mol. The molecule has 0 spiro atoms. The molecule has 29 heavy (non-hydrogen) atoms. The molecule has 1 fully saturated rings. The maximum Gasteiger partial charge on any atom is 0.254 e. The average molecular weight is 386 g/mol. The predicted molar refractivity (Wildman–Crippen MR) is 112 cm³/mol. The molecular weight excluding hydrogens is 364 g/mol. The molecule has 1 saturated heterocycles. The number of amides is 1. The Bertz CT molecular complexity index is 1160.